The predicted molar refractivity (Wildman–Crippen MR) is 73.2 cm³/mol. The monoisotopic (exact) mass is 273 g/mol. The molecular formula is C16H13F2NO. The zero-order chi connectivity index (χ0) is 14.3. The molecular weight excluding hydrogens is 260 g/mol. The van der Waals surface area contributed by atoms with Crippen LogP contribution in [-0.2, 0) is 6.42 Å². The molecule has 2 nitrogen and oxygen atoms in total. The van der Waals surface area contributed by atoms with Gasteiger partial charge in [0.1, 0.15) is 0 Å². The third kappa shape index (κ3) is 1.97. The smallest absolute Gasteiger partial charge is 0.196 e. The molecule has 0 amide bonds. The minimum absolute atomic E-state index is 0.190. The Balaban J connectivity index is 2.03. The van der Waals surface area contributed by atoms with Crippen LogP contribution in [0.5, 0.6) is 0 Å². The number of halogens is 2. The van der Waals surface area contributed by atoms with Crippen LogP contribution in [0.3, 0.4) is 0 Å². The number of rotatable bonds is 2. The van der Waals surface area contributed by atoms with E-state index in [9.17, 15) is 13.6 Å². The van der Waals surface area contributed by atoms with Crippen molar-refractivity contribution < 1.29 is 13.6 Å². The average molecular weight is 273 g/mol. The van der Waals surface area contributed by atoms with Crippen molar-refractivity contribution in [3.8, 4) is 0 Å². The molecule has 0 radical (unpaired) electrons. The van der Waals surface area contributed by atoms with Crippen molar-refractivity contribution in [1.29, 1.82) is 0 Å². The molecule has 4 heteroatoms. The zero-order valence-corrected chi connectivity index (χ0v) is 11.0. The van der Waals surface area contributed by atoms with E-state index in [1.54, 1.807) is 12.1 Å². The summed E-state index contributed by atoms with van der Waals surface area (Å²) in [4.78, 5) is 12.3. The minimum atomic E-state index is -1.08. The van der Waals surface area contributed by atoms with E-state index in [0.717, 1.165) is 24.2 Å². The lowest BCUT2D eigenvalue weighted by molar-refractivity contribution is 0.103. The molecule has 1 aliphatic rings. The van der Waals surface area contributed by atoms with Crippen LogP contribution < -0.4 is 5.32 Å². The normalized spacial score (nSPS) is 12.9. The van der Waals surface area contributed by atoms with Crippen molar-refractivity contribution in [3.63, 3.8) is 0 Å². The molecule has 1 heterocycles. The molecule has 0 fully saturated rings. The third-order valence-electron chi connectivity index (χ3n) is 3.60. The predicted octanol–water partition coefficient (Wildman–Crippen LogP) is 3.47. The van der Waals surface area contributed by atoms with Crippen molar-refractivity contribution in [2.75, 3.05) is 11.9 Å². The molecule has 0 unspecified atom stereocenters. The SMILES string of the molecule is Cc1ccc(C(=O)c2ccc3c(c2)NCC3)c(F)c1F. The lowest BCUT2D eigenvalue weighted by atomic mass is 9.99. The van der Waals surface area contributed by atoms with Gasteiger partial charge >= 0.3 is 0 Å². The maximum atomic E-state index is 13.9. The molecule has 0 spiro atoms. The van der Waals surface area contributed by atoms with Gasteiger partial charge in [-0.05, 0) is 36.6 Å². The van der Waals surface area contributed by atoms with Gasteiger partial charge in [0.2, 0.25) is 0 Å². The number of ketones is 1. The summed E-state index contributed by atoms with van der Waals surface area (Å²) < 4.78 is 27.4. The molecule has 0 bridgehead atoms. The number of fused-ring (bicyclic) bond motifs is 1. The van der Waals surface area contributed by atoms with Crippen molar-refractivity contribution in [1.82, 2.24) is 0 Å². The van der Waals surface area contributed by atoms with Gasteiger partial charge in [-0.3, -0.25) is 4.79 Å². The fraction of sp³-hybridized carbons (Fsp3) is 0.188. The fourth-order valence-electron chi connectivity index (χ4n) is 2.41. The first-order chi connectivity index (χ1) is 9.58. The van der Waals surface area contributed by atoms with E-state index >= 15 is 0 Å². The first-order valence-electron chi connectivity index (χ1n) is 6.44. The molecule has 2 aromatic carbocycles. The largest absolute Gasteiger partial charge is 0.384 e. The summed E-state index contributed by atoms with van der Waals surface area (Å²) in [6, 6.07) is 7.95. The highest BCUT2D eigenvalue weighted by Crippen LogP contribution is 2.25. The summed E-state index contributed by atoms with van der Waals surface area (Å²) >= 11 is 0. The molecule has 0 aliphatic carbocycles. The molecule has 0 saturated heterocycles. The van der Waals surface area contributed by atoms with Gasteiger partial charge in [0.05, 0.1) is 5.56 Å². The zero-order valence-electron chi connectivity index (χ0n) is 11.0. The molecule has 1 aliphatic heterocycles. The molecule has 3 rings (SSSR count). The summed E-state index contributed by atoms with van der Waals surface area (Å²) in [6.07, 6.45) is 0.914. The highest BCUT2D eigenvalue weighted by Gasteiger charge is 2.20. The van der Waals surface area contributed by atoms with Crippen molar-refractivity contribution in [2.45, 2.75) is 13.3 Å². The van der Waals surface area contributed by atoms with E-state index in [1.165, 1.54) is 19.1 Å². The molecule has 0 atom stereocenters. The Bertz CT molecular complexity index is 710. The summed E-state index contributed by atoms with van der Waals surface area (Å²) in [5.41, 5.74) is 2.35. The number of nitrogens with one attached hydrogen (secondary N) is 1. The van der Waals surface area contributed by atoms with E-state index in [1.807, 2.05) is 6.07 Å². The van der Waals surface area contributed by atoms with Crippen molar-refractivity contribution in [2.24, 2.45) is 0 Å². The lowest BCUT2D eigenvalue weighted by Gasteiger charge is -2.07. The quantitative estimate of drug-likeness (QED) is 0.849. The fourth-order valence-corrected chi connectivity index (χ4v) is 2.41. The number of carbonyl (C=O) groups is 1. The molecule has 102 valence electrons. The van der Waals surface area contributed by atoms with E-state index < -0.39 is 17.4 Å². The van der Waals surface area contributed by atoms with E-state index in [-0.39, 0.29) is 11.1 Å². The summed E-state index contributed by atoms with van der Waals surface area (Å²) in [7, 11) is 0. The number of aryl methyl sites for hydroxylation is 1. The van der Waals surface area contributed by atoms with Gasteiger partial charge in [0.25, 0.3) is 0 Å². The number of hydrogen-bond donors (Lipinski definition) is 1. The van der Waals surface area contributed by atoms with Gasteiger partial charge in [-0.15, -0.1) is 0 Å². The van der Waals surface area contributed by atoms with Gasteiger partial charge in [0, 0.05) is 17.8 Å². The van der Waals surface area contributed by atoms with E-state index in [2.05, 4.69) is 5.32 Å². The average Bonchev–Trinajstić information content (AvgIpc) is 2.91. The standard InChI is InChI=1S/C16H13F2NO/c1-9-2-5-12(15(18)14(9)17)16(20)11-4-3-10-6-7-19-13(10)8-11/h2-5,8,19H,6-7H2,1H3. The Morgan fingerprint density at radius 2 is 1.95 bits per heavy atom. The maximum Gasteiger partial charge on any atom is 0.196 e. The number of carbonyl (C=O) groups excluding carboxylic acids is 1. The van der Waals surface area contributed by atoms with Gasteiger partial charge in [-0.1, -0.05) is 18.2 Å². The molecule has 0 saturated carbocycles. The highest BCUT2D eigenvalue weighted by molar-refractivity contribution is 6.09. The van der Waals surface area contributed by atoms with Crippen LogP contribution in [0, 0.1) is 18.6 Å². The van der Waals surface area contributed by atoms with Gasteiger partial charge in [-0.25, -0.2) is 8.78 Å². The molecule has 20 heavy (non-hydrogen) atoms. The second-order valence-corrected chi connectivity index (χ2v) is 4.94. The first kappa shape index (κ1) is 12.8. The van der Waals surface area contributed by atoms with Crippen LogP contribution in [0.15, 0.2) is 30.3 Å². The Kier molecular flexibility index (Phi) is 3.01. The first-order valence-corrected chi connectivity index (χ1v) is 6.44. The van der Waals surface area contributed by atoms with E-state index in [4.69, 9.17) is 0 Å². The number of benzene rings is 2. The third-order valence-corrected chi connectivity index (χ3v) is 3.60. The summed E-state index contributed by atoms with van der Waals surface area (Å²) in [6.45, 7) is 2.30. The molecule has 0 aromatic heterocycles. The Labute approximate surface area is 115 Å². The summed E-state index contributed by atoms with van der Waals surface area (Å²) in [5, 5.41) is 3.16. The van der Waals surface area contributed by atoms with Crippen LogP contribution in [0.1, 0.15) is 27.0 Å². The van der Waals surface area contributed by atoms with E-state index in [0.29, 0.717) is 5.56 Å². The highest BCUT2D eigenvalue weighted by atomic mass is 19.2. The van der Waals surface area contributed by atoms with Crippen LogP contribution in [-0.4, -0.2) is 12.3 Å². The van der Waals surface area contributed by atoms with Crippen LogP contribution in [0.4, 0.5) is 14.5 Å². The van der Waals surface area contributed by atoms with Crippen molar-refractivity contribution in [3.05, 3.63) is 64.2 Å². The lowest BCUT2D eigenvalue weighted by Crippen LogP contribution is -2.07. The van der Waals surface area contributed by atoms with Gasteiger partial charge in [-0.2, -0.15) is 0 Å². The summed E-state index contributed by atoms with van der Waals surface area (Å²) in [5.74, 6) is -2.54. The maximum absolute atomic E-state index is 13.9. The number of anilines is 1. The Morgan fingerprint density at radius 1 is 1.15 bits per heavy atom. The number of hydrogen-bond acceptors (Lipinski definition) is 2. The van der Waals surface area contributed by atoms with Gasteiger partial charge < -0.3 is 5.32 Å². The second kappa shape index (κ2) is 4.71. The van der Waals surface area contributed by atoms with Crippen LogP contribution in [0.2, 0.25) is 0 Å². The van der Waals surface area contributed by atoms with Crippen molar-refractivity contribution >= 4 is 11.5 Å². The van der Waals surface area contributed by atoms with Crippen LogP contribution in [0.25, 0.3) is 0 Å². The minimum Gasteiger partial charge on any atom is -0.384 e. The van der Waals surface area contributed by atoms with Crippen LogP contribution >= 0.6 is 0 Å². The second-order valence-electron chi connectivity index (χ2n) is 4.94. The molecule has 1 N–H and O–H groups in total. The topological polar surface area (TPSA) is 29.1 Å². The molecule has 2 aromatic rings. The Hall–Kier alpha value is -2.23. The van der Waals surface area contributed by atoms with Gasteiger partial charge in [0.15, 0.2) is 17.4 Å². The Morgan fingerprint density at radius 3 is 2.75 bits per heavy atom.